The fourth-order valence-electron chi connectivity index (χ4n) is 6.55. The molecule has 1 aliphatic carbocycles. The van der Waals surface area contributed by atoms with Crippen LogP contribution in [0.2, 0.25) is 0 Å². The molecule has 216 valence electrons. The lowest BCUT2D eigenvalue weighted by Gasteiger charge is -2.38. The molecule has 2 aromatic carbocycles. The number of amides is 1. The molecule has 0 bridgehead atoms. The lowest BCUT2D eigenvalue weighted by Crippen LogP contribution is -2.53. The van der Waals surface area contributed by atoms with Crippen molar-refractivity contribution in [3.8, 4) is 5.75 Å². The lowest BCUT2D eigenvalue weighted by molar-refractivity contribution is -0.143. The van der Waals surface area contributed by atoms with Crippen LogP contribution in [0.3, 0.4) is 0 Å². The first-order chi connectivity index (χ1) is 20.4. The maximum atomic E-state index is 15.3. The van der Waals surface area contributed by atoms with E-state index in [4.69, 9.17) is 24.4 Å². The van der Waals surface area contributed by atoms with Gasteiger partial charge in [0.15, 0.2) is 11.2 Å². The first-order valence-electron chi connectivity index (χ1n) is 14.0. The molecule has 1 aromatic heterocycles. The number of hydrogen-bond acceptors (Lipinski definition) is 9. The van der Waals surface area contributed by atoms with Crippen molar-refractivity contribution in [1.29, 1.82) is 0 Å². The Bertz CT molecular complexity index is 1730. The summed E-state index contributed by atoms with van der Waals surface area (Å²) in [6.07, 6.45) is 4.07. The largest absolute Gasteiger partial charge is 0.465 e. The van der Waals surface area contributed by atoms with Gasteiger partial charge in [0.05, 0.1) is 30.4 Å². The zero-order valence-electron chi connectivity index (χ0n) is 23.3. The monoisotopic (exact) mass is 570 g/mol. The molecule has 1 amide bonds. The minimum atomic E-state index is -2.36. The maximum absolute atomic E-state index is 15.3. The van der Waals surface area contributed by atoms with Gasteiger partial charge in [-0.15, -0.1) is 0 Å². The smallest absolute Gasteiger partial charge is 0.345 e. The molecular weight excluding hydrogens is 540 g/mol. The number of methoxy groups -OCH3 is 1. The Labute approximate surface area is 241 Å². The van der Waals surface area contributed by atoms with E-state index in [1.54, 1.807) is 60.4 Å². The van der Waals surface area contributed by atoms with Gasteiger partial charge in [0.2, 0.25) is 11.8 Å². The van der Waals surface area contributed by atoms with Gasteiger partial charge >= 0.3 is 17.6 Å². The molecule has 3 aromatic rings. The van der Waals surface area contributed by atoms with E-state index in [1.807, 2.05) is 6.07 Å². The van der Waals surface area contributed by atoms with Gasteiger partial charge in [-0.2, -0.15) is 0 Å². The zero-order valence-corrected chi connectivity index (χ0v) is 23.3. The minimum absolute atomic E-state index is 0.0272. The van der Waals surface area contributed by atoms with E-state index in [-0.39, 0.29) is 40.8 Å². The van der Waals surface area contributed by atoms with Crippen molar-refractivity contribution in [1.82, 2.24) is 4.90 Å². The summed E-state index contributed by atoms with van der Waals surface area (Å²) in [7, 11) is 1.12. The Morgan fingerprint density at radius 3 is 2.36 bits per heavy atom. The van der Waals surface area contributed by atoms with Gasteiger partial charge in [-0.1, -0.05) is 61.7 Å². The summed E-state index contributed by atoms with van der Waals surface area (Å²) in [5, 5.41) is 0.340. The van der Waals surface area contributed by atoms with Crippen molar-refractivity contribution in [3.05, 3.63) is 93.2 Å². The summed E-state index contributed by atoms with van der Waals surface area (Å²) in [5.74, 6) is -3.12. The number of rotatable bonds is 5. The summed E-state index contributed by atoms with van der Waals surface area (Å²) in [4.78, 5) is 58.6. The molecule has 0 radical (unpaired) electrons. The quantitative estimate of drug-likeness (QED) is 0.357. The summed E-state index contributed by atoms with van der Waals surface area (Å²) in [6.45, 7) is 1.61. The second kappa shape index (κ2) is 10.5. The first kappa shape index (κ1) is 27.3. The average Bonchev–Trinajstić information content (AvgIpc) is 3.26. The third-order valence-corrected chi connectivity index (χ3v) is 8.22. The number of carbonyl (C=O) groups is 3. The number of fused-ring (bicyclic) bond motifs is 4. The molecule has 3 heterocycles. The fraction of sp³-hybridized carbons (Fsp3) is 0.312. The highest BCUT2D eigenvalue weighted by atomic mass is 16.5. The highest BCUT2D eigenvalue weighted by Gasteiger charge is 2.67. The van der Waals surface area contributed by atoms with Crippen LogP contribution >= 0.6 is 0 Å². The molecule has 10 nitrogen and oxygen atoms in total. The standard InChI is InChI=1S/C32H30N2O8/c1-3-40-29(36)22-25(18-12-6-4-7-13-18)34(19-14-8-5-9-15-19)31(38)32(22)23-26(42-27(33)24(32)28(35)39-2)20-16-10-11-17-21(20)41-30(23)37/h4,6-7,10-13,16-17,19H,3,5,8-9,14-15,33H2,1-2H3. The average molecular weight is 571 g/mol. The van der Waals surface area contributed by atoms with E-state index in [0.29, 0.717) is 23.8 Å². The summed E-state index contributed by atoms with van der Waals surface area (Å²) in [5.41, 5.74) is 3.11. The Hall–Kier alpha value is -4.86. The van der Waals surface area contributed by atoms with Crippen molar-refractivity contribution in [2.45, 2.75) is 50.5 Å². The molecule has 2 N–H and O–H groups in total. The molecule has 0 saturated heterocycles. The van der Waals surface area contributed by atoms with Crippen LogP contribution in [-0.4, -0.2) is 42.5 Å². The number of benzene rings is 2. The van der Waals surface area contributed by atoms with Gasteiger partial charge in [0.25, 0.3) is 0 Å². The van der Waals surface area contributed by atoms with Gasteiger partial charge in [0.1, 0.15) is 16.7 Å². The predicted molar refractivity (Wildman–Crippen MR) is 152 cm³/mol. The highest BCUT2D eigenvalue weighted by Crippen LogP contribution is 2.57. The first-order valence-corrected chi connectivity index (χ1v) is 14.0. The Morgan fingerprint density at radius 2 is 1.67 bits per heavy atom. The van der Waals surface area contributed by atoms with Gasteiger partial charge in [-0.25, -0.2) is 14.4 Å². The predicted octanol–water partition coefficient (Wildman–Crippen LogP) is 3.92. The molecule has 3 aliphatic rings. The van der Waals surface area contributed by atoms with E-state index in [9.17, 15) is 14.4 Å². The van der Waals surface area contributed by atoms with E-state index in [2.05, 4.69) is 0 Å². The van der Waals surface area contributed by atoms with Crippen molar-refractivity contribution in [3.63, 3.8) is 0 Å². The van der Waals surface area contributed by atoms with Gasteiger partial charge in [0, 0.05) is 6.04 Å². The fourth-order valence-corrected chi connectivity index (χ4v) is 6.55. The van der Waals surface area contributed by atoms with Crippen molar-refractivity contribution in [2.75, 3.05) is 13.7 Å². The second-order valence-electron chi connectivity index (χ2n) is 10.4. The van der Waals surface area contributed by atoms with Gasteiger partial charge in [-0.05, 0) is 37.5 Å². The lowest BCUT2D eigenvalue weighted by atomic mass is 9.67. The van der Waals surface area contributed by atoms with Crippen LogP contribution in [0.15, 0.2) is 80.8 Å². The third-order valence-electron chi connectivity index (χ3n) is 8.22. The minimum Gasteiger partial charge on any atom is -0.465 e. The number of carbonyl (C=O) groups excluding carboxylic acids is 3. The molecule has 10 heteroatoms. The van der Waals surface area contributed by atoms with Crippen LogP contribution in [0.25, 0.3) is 16.7 Å². The molecule has 6 rings (SSSR count). The molecule has 2 aliphatic heterocycles. The number of para-hydroxylation sites is 1. The highest BCUT2D eigenvalue weighted by molar-refractivity contribution is 6.23. The SMILES string of the molecule is CCOC(=O)C1=C(c2ccccc2)N(C2CCCCC2)C(=O)C12C(C(=O)OC)=C(N)Oc1c2c(=O)oc2ccccc12. The van der Waals surface area contributed by atoms with E-state index < -0.39 is 40.3 Å². The van der Waals surface area contributed by atoms with Crippen LogP contribution in [0.4, 0.5) is 0 Å². The van der Waals surface area contributed by atoms with Gasteiger partial charge < -0.3 is 29.3 Å². The Balaban J connectivity index is 1.82. The third kappa shape index (κ3) is 3.85. The van der Waals surface area contributed by atoms with E-state index in [1.165, 1.54) is 0 Å². The number of nitrogens with two attached hydrogens (primary N) is 1. The van der Waals surface area contributed by atoms with E-state index >= 15 is 4.79 Å². The number of hydrogen-bond donors (Lipinski definition) is 1. The molecule has 1 unspecified atom stereocenters. The molecule has 1 fully saturated rings. The molecule has 1 atom stereocenters. The summed E-state index contributed by atoms with van der Waals surface area (Å²) >= 11 is 0. The number of esters is 2. The summed E-state index contributed by atoms with van der Waals surface area (Å²) in [6, 6.07) is 15.2. The van der Waals surface area contributed by atoms with Crippen LogP contribution < -0.4 is 16.1 Å². The second-order valence-corrected chi connectivity index (χ2v) is 10.4. The van der Waals surface area contributed by atoms with Crippen LogP contribution in [0.5, 0.6) is 5.75 Å². The van der Waals surface area contributed by atoms with Crippen LogP contribution in [-0.2, 0) is 29.3 Å². The van der Waals surface area contributed by atoms with Crippen molar-refractivity contribution in [2.24, 2.45) is 5.73 Å². The Kier molecular flexibility index (Phi) is 6.84. The van der Waals surface area contributed by atoms with Crippen LogP contribution in [0.1, 0.15) is 50.2 Å². The number of nitrogens with zero attached hydrogens (tertiary/aromatic N) is 1. The molecule has 1 saturated carbocycles. The molecular formula is C32H30N2O8. The van der Waals surface area contributed by atoms with Crippen LogP contribution in [0, 0.1) is 0 Å². The molecule has 42 heavy (non-hydrogen) atoms. The summed E-state index contributed by atoms with van der Waals surface area (Å²) < 4.78 is 22.3. The van der Waals surface area contributed by atoms with Crippen molar-refractivity contribution >= 4 is 34.5 Å². The number of ether oxygens (including phenoxy) is 3. The molecule has 1 spiro atoms. The van der Waals surface area contributed by atoms with E-state index in [0.717, 1.165) is 26.4 Å². The Morgan fingerprint density at radius 1 is 0.976 bits per heavy atom. The maximum Gasteiger partial charge on any atom is 0.345 e. The normalized spacial score (nSPS) is 20.6. The zero-order chi connectivity index (χ0) is 29.6. The topological polar surface area (TPSA) is 138 Å². The van der Waals surface area contributed by atoms with Gasteiger partial charge in [-0.3, -0.25) is 4.79 Å². The van der Waals surface area contributed by atoms with Crippen molar-refractivity contribution < 1.29 is 33.0 Å².